The van der Waals surface area contributed by atoms with Crippen molar-refractivity contribution in [1.82, 2.24) is 5.32 Å². The first-order valence-corrected chi connectivity index (χ1v) is 6.28. The quantitative estimate of drug-likeness (QED) is 0.833. The lowest BCUT2D eigenvalue weighted by Gasteiger charge is -2.15. The van der Waals surface area contributed by atoms with Gasteiger partial charge >= 0.3 is 6.18 Å². The molecule has 0 aliphatic rings. The van der Waals surface area contributed by atoms with E-state index in [-0.39, 0.29) is 5.56 Å². The molecule has 0 aromatic heterocycles. The second kappa shape index (κ2) is 6.03. The fraction of sp³-hybridized carbons (Fsp3) is 0.300. The largest absolute Gasteiger partial charge is 0.416 e. The number of hydrogen-bond donors (Lipinski definition) is 2. The van der Waals surface area contributed by atoms with Gasteiger partial charge in [-0.05, 0) is 18.2 Å². The van der Waals surface area contributed by atoms with Gasteiger partial charge in [-0.3, -0.25) is 4.79 Å². The summed E-state index contributed by atoms with van der Waals surface area (Å²) in [4.78, 5) is 11.5. The minimum atomic E-state index is -4.74. The molecule has 0 radical (unpaired) electrons. The molecule has 1 amide bonds. The van der Waals surface area contributed by atoms with Crippen LogP contribution in [0.25, 0.3) is 0 Å². The van der Waals surface area contributed by atoms with E-state index in [0.29, 0.717) is 8.95 Å². The third-order valence-corrected chi connectivity index (χ3v) is 2.87. The molecule has 0 saturated carbocycles. The van der Waals surface area contributed by atoms with Gasteiger partial charge in [-0.15, -0.1) is 0 Å². The standard InChI is InChI=1S/C10H8Br2F3NO2/c11-6-1-5(2-7(12)3-6)9(18)16-4-8(17)10(13,14)15/h1-3,8,17H,4H2,(H,16,18). The van der Waals surface area contributed by atoms with Crippen molar-refractivity contribution in [2.45, 2.75) is 12.3 Å². The van der Waals surface area contributed by atoms with Gasteiger partial charge in [0.05, 0.1) is 6.54 Å². The topological polar surface area (TPSA) is 49.3 Å². The Labute approximate surface area is 118 Å². The predicted molar refractivity (Wildman–Crippen MR) is 66.2 cm³/mol. The summed E-state index contributed by atoms with van der Waals surface area (Å²) in [6.07, 6.45) is -7.32. The van der Waals surface area contributed by atoms with Crippen molar-refractivity contribution in [3.05, 3.63) is 32.7 Å². The van der Waals surface area contributed by atoms with Crippen LogP contribution < -0.4 is 5.32 Å². The van der Waals surface area contributed by atoms with Gasteiger partial charge < -0.3 is 10.4 Å². The van der Waals surface area contributed by atoms with Gasteiger partial charge in [-0.2, -0.15) is 13.2 Å². The molecule has 0 saturated heterocycles. The van der Waals surface area contributed by atoms with Crippen molar-refractivity contribution >= 4 is 37.8 Å². The third kappa shape index (κ3) is 4.58. The number of rotatable bonds is 3. The molecule has 8 heteroatoms. The number of amides is 1. The lowest BCUT2D eigenvalue weighted by atomic mass is 10.2. The third-order valence-electron chi connectivity index (χ3n) is 1.96. The number of alkyl halides is 3. The van der Waals surface area contributed by atoms with E-state index in [1.54, 1.807) is 6.07 Å². The van der Waals surface area contributed by atoms with Crippen molar-refractivity contribution < 1.29 is 23.1 Å². The molecule has 2 N–H and O–H groups in total. The maximum absolute atomic E-state index is 12.0. The Balaban J connectivity index is 2.66. The van der Waals surface area contributed by atoms with E-state index in [9.17, 15) is 18.0 Å². The molecule has 1 atom stereocenters. The molecule has 1 aromatic rings. The van der Waals surface area contributed by atoms with Gasteiger partial charge in [-0.1, -0.05) is 31.9 Å². The van der Waals surface area contributed by atoms with Crippen LogP contribution in [0.3, 0.4) is 0 Å². The number of benzene rings is 1. The van der Waals surface area contributed by atoms with Crippen LogP contribution >= 0.6 is 31.9 Å². The number of nitrogens with one attached hydrogen (secondary N) is 1. The van der Waals surface area contributed by atoms with E-state index in [4.69, 9.17) is 5.11 Å². The van der Waals surface area contributed by atoms with Crippen molar-refractivity contribution in [3.63, 3.8) is 0 Å². The highest BCUT2D eigenvalue weighted by molar-refractivity contribution is 9.11. The van der Waals surface area contributed by atoms with Crippen LogP contribution in [-0.4, -0.2) is 29.8 Å². The Bertz CT molecular complexity index is 431. The SMILES string of the molecule is O=C(NCC(O)C(F)(F)F)c1cc(Br)cc(Br)c1. The molecule has 0 spiro atoms. The van der Waals surface area contributed by atoms with Crippen molar-refractivity contribution in [3.8, 4) is 0 Å². The summed E-state index contributed by atoms with van der Waals surface area (Å²) in [5.41, 5.74) is 0.186. The van der Waals surface area contributed by atoms with Crippen molar-refractivity contribution in [1.29, 1.82) is 0 Å². The zero-order valence-electron chi connectivity index (χ0n) is 8.76. The van der Waals surface area contributed by atoms with E-state index in [2.05, 4.69) is 31.9 Å². The number of aliphatic hydroxyl groups is 1. The minimum absolute atomic E-state index is 0.186. The summed E-state index contributed by atoms with van der Waals surface area (Å²) in [6.45, 7) is -0.882. The van der Waals surface area contributed by atoms with E-state index in [1.165, 1.54) is 12.1 Å². The zero-order valence-corrected chi connectivity index (χ0v) is 11.9. The molecule has 1 aromatic carbocycles. The number of hydrogen-bond acceptors (Lipinski definition) is 2. The summed E-state index contributed by atoms with van der Waals surface area (Å²) in [6, 6.07) is 4.60. The van der Waals surface area contributed by atoms with Crippen LogP contribution in [0.4, 0.5) is 13.2 Å². The highest BCUT2D eigenvalue weighted by Gasteiger charge is 2.38. The zero-order chi connectivity index (χ0) is 13.9. The fourth-order valence-electron chi connectivity index (χ4n) is 1.09. The predicted octanol–water partition coefficient (Wildman–Crippen LogP) is 2.86. The van der Waals surface area contributed by atoms with Gasteiger partial charge in [0.15, 0.2) is 6.10 Å². The number of carbonyl (C=O) groups excluding carboxylic acids is 1. The van der Waals surface area contributed by atoms with E-state index in [0.717, 1.165) is 0 Å². The van der Waals surface area contributed by atoms with Gasteiger partial charge in [0.25, 0.3) is 5.91 Å². The Morgan fingerprint density at radius 3 is 2.22 bits per heavy atom. The smallest absolute Gasteiger partial charge is 0.382 e. The normalized spacial score (nSPS) is 13.2. The maximum atomic E-state index is 12.0. The van der Waals surface area contributed by atoms with Gasteiger partial charge in [0.2, 0.25) is 0 Å². The summed E-state index contributed by atoms with van der Waals surface area (Å²) in [7, 11) is 0. The number of halogens is 5. The molecule has 18 heavy (non-hydrogen) atoms. The molecule has 0 bridgehead atoms. The van der Waals surface area contributed by atoms with E-state index in [1.807, 2.05) is 5.32 Å². The molecule has 0 aliphatic heterocycles. The van der Waals surface area contributed by atoms with Crippen molar-refractivity contribution in [2.24, 2.45) is 0 Å². The van der Waals surface area contributed by atoms with E-state index >= 15 is 0 Å². The van der Waals surface area contributed by atoms with Crippen LogP contribution in [0.2, 0.25) is 0 Å². The molecular weight excluding hydrogens is 383 g/mol. The highest BCUT2D eigenvalue weighted by atomic mass is 79.9. The van der Waals surface area contributed by atoms with Crippen molar-refractivity contribution in [2.75, 3.05) is 6.54 Å². The first-order valence-electron chi connectivity index (χ1n) is 4.69. The molecule has 0 heterocycles. The highest BCUT2D eigenvalue weighted by Crippen LogP contribution is 2.21. The molecule has 0 aliphatic carbocycles. The van der Waals surface area contributed by atoms with Crippen LogP contribution in [-0.2, 0) is 0 Å². The molecule has 100 valence electrons. The average molecular weight is 391 g/mol. The van der Waals surface area contributed by atoms with Crippen LogP contribution in [0.15, 0.2) is 27.1 Å². The number of aliphatic hydroxyl groups excluding tert-OH is 1. The Morgan fingerprint density at radius 1 is 1.28 bits per heavy atom. The molecule has 3 nitrogen and oxygen atoms in total. The first-order chi connectivity index (χ1) is 8.20. The van der Waals surface area contributed by atoms with Gasteiger partial charge in [-0.25, -0.2) is 0 Å². The summed E-state index contributed by atoms with van der Waals surface area (Å²) >= 11 is 6.31. The lowest BCUT2D eigenvalue weighted by Crippen LogP contribution is -2.40. The van der Waals surface area contributed by atoms with E-state index < -0.39 is 24.7 Å². The Kier molecular flexibility index (Phi) is 5.18. The molecule has 1 unspecified atom stereocenters. The molecule has 1 rings (SSSR count). The second-order valence-corrected chi connectivity index (χ2v) is 5.26. The fourth-order valence-corrected chi connectivity index (χ4v) is 2.39. The van der Waals surface area contributed by atoms with Crippen LogP contribution in [0, 0.1) is 0 Å². The average Bonchev–Trinajstić information content (AvgIpc) is 2.22. The van der Waals surface area contributed by atoms with Crippen LogP contribution in [0.5, 0.6) is 0 Å². The molecular formula is C10H8Br2F3NO2. The monoisotopic (exact) mass is 389 g/mol. The number of carbonyl (C=O) groups is 1. The maximum Gasteiger partial charge on any atom is 0.416 e. The summed E-state index contributed by atoms with van der Waals surface area (Å²) in [5, 5.41) is 10.7. The molecule has 0 fully saturated rings. The lowest BCUT2D eigenvalue weighted by molar-refractivity contribution is -0.201. The first kappa shape index (κ1) is 15.5. The second-order valence-electron chi connectivity index (χ2n) is 3.43. The van der Waals surface area contributed by atoms with Gasteiger partial charge in [0.1, 0.15) is 0 Å². The summed E-state index contributed by atoms with van der Waals surface area (Å²) < 4.78 is 37.3. The Morgan fingerprint density at radius 2 is 1.78 bits per heavy atom. The minimum Gasteiger partial charge on any atom is -0.382 e. The Hall–Kier alpha value is -0.600. The van der Waals surface area contributed by atoms with Gasteiger partial charge in [0, 0.05) is 14.5 Å². The van der Waals surface area contributed by atoms with Crippen LogP contribution in [0.1, 0.15) is 10.4 Å². The summed E-state index contributed by atoms with van der Waals surface area (Å²) in [5.74, 6) is -0.694.